The maximum Gasteiger partial charge on any atom is 0.250 e. The highest BCUT2D eigenvalue weighted by Gasteiger charge is 2.38. The second kappa shape index (κ2) is 8.60. The highest BCUT2D eigenvalue weighted by Crippen LogP contribution is 2.20. The first-order chi connectivity index (χ1) is 12.5. The van der Waals surface area contributed by atoms with Crippen LogP contribution >= 0.6 is 11.3 Å². The number of hydrogen-bond donors (Lipinski definition) is 2. The molecule has 6 nitrogen and oxygen atoms in total. The number of nitrogens with zero attached hydrogens (tertiary/aromatic N) is 1. The van der Waals surface area contributed by atoms with Crippen LogP contribution in [0.2, 0.25) is 0 Å². The molecule has 3 rings (SSSR count). The molecule has 0 spiro atoms. The lowest BCUT2D eigenvalue weighted by Crippen LogP contribution is -2.46. The SMILES string of the molecule is CN(CCc1ccccc1)C[C@@H]1OC[C@H](NS(=O)(=O)c2cccs2)[C@H]1O. The van der Waals surface area contributed by atoms with Gasteiger partial charge in [-0.15, -0.1) is 11.3 Å². The van der Waals surface area contributed by atoms with Crippen molar-refractivity contribution in [2.45, 2.75) is 28.9 Å². The quantitative estimate of drug-likeness (QED) is 0.704. The van der Waals surface area contributed by atoms with E-state index in [-0.39, 0.29) is 10.8 Å². The molecule has 2 N–H and O–H groups in total. The summed E-state index contributed by atoms with van der Waals surface area (Å²) >= 11 is 1.15. The minimum atomic E-state index is -3.62. The van der Waals surface area contributed by atoms with Crippen molar-refractivity contribution in [3.8, 4) is 0 Å². The molecule has 0 radical (unpaired) electrons. The third-order valence-corrected chi connectivity index (χ3v) is 7.35. The van der Waals surface area contributed by atoms with Crippen LogP contribution in [0, 0.1) is 0 Å². The van der Waals surface area contributed by atoms with Crippen LogP contribution < -0.4 is 4.72 Å². The Bertz CT molecular complexity index is 781. The van der Waals surface area contributed by atoms with Crippen LogP contribution in [-0.4, -0.2) is 63.4 Å². The molecule has 0 amide bonds. The van der Waals surface area contributed by atoms with Crippen LogP contribution in [0.15, 0.2) is 52.1 Å². The molecular weight excluding hydrogens is 372 g/mol. The number of thiophene rings is 1. The minimum Gasteiger partial charge on any atom is -0.389 e. The molecule has 26 heavy (non-hydrogen) atoms. The first-order valence-electron chi connectivity index (χ1n) is 8.54. The molecular formula is C18H24N2O4S2. The highest BCUT2D eigenvalue weighted by molar-refractivity contribution is 7.91. The molecule has 2 heterocycles. The number of aliphatic hydroxyl groups excluding tert-OH is 1. The van der Waals surface area contributed by atoms with Crippen LogP contribution in [0.25, 0.3) is 0 Å². The molecule has 3 atom stereocenters. The molecule has 0 aliphatic carbocycles. The van der Waals surface area contributed by atoms with Crippen LogP contribution in [0.3, 0.4) is 0 Å². The molecule has 0 bridgehead atoms. The molecule has 2 aromatic rings. The summed E-state index contributed by atoms with van der Waals surface area (Å²) in [6.07, 6.45) is -0.370. The zero-order valence-electron chi connectivity index (χ0n) is 14.6. The van der Waals surface area contributed by atoms with Gasteiger partial charge in [-0.25, -0.2) is 13.1 Å². The topological polar surface area (TPSA) is 78.9 Å². The van der Waals surface area contributed by atoms with Crippen molar-refractivity contribution in [2.24, 2.45) is 0 Å². The first kappa shape index (κ1) is 19.5. The van der Waals surface area contributed by atoms with Gasteiger partial charge in [-0.1, -0.05) is 36.4 Å². The van der Waals surface area contributed by atoms with Gasteiger partial charge in [-0.05, 0) is 30.5 Å². The standard InChI is InChI=1S/C18H24N2O4S2/c1-20(10-9-14-6-3-2-4-7-14)12-16-18(21)15(13-24-16)19-26(22,23)17-8-5-11-25-17/h2-8,11,15-16,18-19,21H,9-10,12-13H2,1H3/t15-,16-,18+/m0/s1. The van der Waals surface area contributed by atoms with Gasteiger partial charge in [0.1, 0.15) is 4.21 Å². The highest BCUT2D eigenvalue weighted by atomic mass is 32.2. The second-order valence-corrected chi connectivity index (χ2v) is 9.41. The summed E-state index contributed by atoms with van der Waals surface area (Å²) in [6.45, 7) is 1.55. The van der Waals surface area contributed by atoms with Gasteiger partial charge in [0.15, 0.2) is 0 Å². The summed E-state index contributed by atoms with van der Waals surface area (Å²) in [5.74, 6) is 0. The summed E-state index contributed by atoms with van der Waals surface area (Å²) in [7, 11) is -1.64. The molecule has 0 saturated carbocycles. The molecule has 1 saturated heterocycles. The summed E-state index contributed by atoms with van der Waals surface area (Å²) in [5, 5.41) is 12.2. The summed E-state index contributed by atoms with van der Waals surface area (Å²) in [4.78, 5) is 2.09. The van der Waals surface area contributed by atoms with Crippen LogP contribution in [0.1, 0.15) is 5.56 Å². The van der Waals surface area contributed by atoms with E-state index in [9.17, 15) is 13.5 Å². The average molecular weight is 397 g/mol. The number of hydrogen-bond acceptors (Lipinski definition) is 6. The Kier molecular flexibility index (Phi) is 6.44. The number of benzene rings is 1. The van der Waals surface area contributed by atoms with Crippen LogP contribution in [0.5, 0.6) is 0 Å². The van der Waals surface area contributed by atoms with E-state index < -0.39 is 28.3 Å². The lowest BCUT2D eigenvalue weighted by Gasteiger charge is -2.23. The van der Waals surface area contributed by atoms with Crippen molar-refractivity contribution in [3.63, 3.8) is 0 Å². The summed E-state index contributed by atoms with van der Waals surface area (Å²) < 4.78 is 33.1. The zero-order valence-corrected chi connectivity index (χ0v) is 16.2. The molecule has 1 fully saturated rings. The summed E-state index contributed by atoms with van der Waals surface area (Å²) in [5.41, 5.74) is 1.26. The van der Waals surface area contributed by atoms with Crippen molar-refractivity contribution in [1.29, 1.82) is 0 Å². The van der Waals surface area contributed by atoms with Gasteiger partial charge in [-0.2, -0.15) is 0 Å². The summed E-state index contributed by atoms with van der Waals surface area (Å²) in [6, 6.07) is 12.8. The normalized spacial score (nSPS) is 23.6. The van der Waals surface area contributed by atoms with Gasteiger partial charge in [0, 0.05) is 13.1 Å². The number of aliphatic hydroxyl groups is 1. The fraction of sp³-hybridized carbons (Fsp3) is 0.444. The van der Waals surface area contributed by atoms with Gasteiger partial charge in [0.25, 0.3) is 0 Å². The van der Waals surface area contributed by atoms with Gasteiger partial charge in [0.2, 0.25) is 10.0 Å². The zero-order chi connectivity index (χ0) is 18.6. The lowest BCUT2D eigenvalue weighted by atomic mass is 10.1. The number of likely N-dealkylation sites (N-methyl/N-ethyl adjacent to an activating group) is 1. The molecule has 8 heteroatoms. The second-order valence-electron chi connectivity index (χ2n) is 6.52. The van der Waals surface area contributed by atoms with Crippen LogP contribution in [0.4, 0.5) is 0 Å². The van der Waals surface area contributed by atoms with Gasteiger partial charge in [0.05, 0.1) is 24.9 Å². The van der Waals surface area contributed by atoms with E-state index in [1.54, 1.807) is 17.5 Å². The molecule has 142 valence electrons. The van der Waals surface area contributed by atoms with E-state index in [1.165, 1.54) is 5.56 Å². The average Bonchev–Trinajstić information content (AvgIpc) is 3.27. The van der Waals surface area contributed by atoms with Crippen molar-refractivity contribution in [3.05, 3.63) is 53.4 Å². The predicted molar refractivity (Wildman–Crippen MR) is 102 cm³/mol. The van der Waals surface area contributed by atoms with E-state index >= 15 is 0 Å². The van der Waals surface area contributed by atoms with E-state index in [1.807, 2.05) is 25.2 Å². The van der Waals surface area contributed by atoms with Gasteiger partial charge >= 0.3 is 0 Å². The molecule has 1 aromatic heterocycles. The molecule has 1 aliphatic rings. The van der Waals surface area contributed by atoms with Crippen molar-refractivity contribution < 1.29 is 18.3 Å². The number of nitrogens with one attached hydrogen (secondary N) is 1. The Balaban J connectivity index is 1.50. The van der Waals surface area contributed by atoms with Crippen molar-refractivity contribution >= 4 is 21.4 Å². The number of ether oxygens (including phenoxy) is 1. The maximum atomic E-state index is 12.3. The number of rotatable bonds is 8. The van der Waals surface area contributed by atoms with E-state index in [0.29, 0.717) is 6.54 Å². The Morgan fingerprint density at radius 3 is 2.73 bits per heavy atom. The maximum absolute atomic E-state index is 12.3. The van der Waals surface area contributed by atoms with Gasteiger partial charge in [-0.3, -0.25) is 0 Å². The molecule has 1 aliphatic heterocycles. The van der Waals surface area contributed by atoms with Gasteiger partial charge < -0.3 is 14.7 Å². The Hall–Kier alpha value is -1.29. The first-order valence-corrected chi connectivity index (χ1v) is 10.9. The minimum absolute atomic E-state index is 0.170. The molecule has 1 aromatic carbocycles. The van der Waals surface area contributed by atoms with Crippen LogP contribution in [-0.2, 0) is 21.2 Å². The van der Waals surface area contributed by atoms with E-state index in [2.05, 4.69) is 21.8 Å². The third kappa shape index (κ3) is 4.91. The fourth-order valence-corrected chi connectivity index (χ4v) is 5.23. The van der Waals surface area contributed by atoms with Crippen molar-refractivity contribution in [2.75, 3.05) is 26.7 Å². The predicted octanol–water partition coefficient (Wildman–Crippen LogP) is 1.33. The smallest absolute Gasteiger partial charge is 0.250 e. The Morgan fingerprint density at radius 1 is 1.27 bits per heavy atom. The largest absolute Gasteiger partial charge is 0.389 e. The van der Waals surface area contributed by atoms with E-state index in [0.717, 1.165) is 24.3 Å². The third-order valence-electron chi connectivity index (χ3n) is 4.47. The number of sulfonamides is 1. The van der Waals surface area contributed by atoms with E-state index in [4.69, 9.17) is 4.74 Å². The molecule has 0 unspecified atom stereocenters. The van der Waals surface area contributed by atoms with Crippen molar-refractivity contribution in [1.82, 2.24) is 9.62 Å². The Morgan fingerprint density at radius 2 is 2.04 bits per heavy atom. The fourth-order valence-electron chi connectivity index (χ4n) is 2.98. The lowest BCUT2D eigenvalue weighted by molar-refractivity contribution is 0.0207. The monoisotopic (exact) mass is 396 g/mol. The Labute approximate surface area is 158 Å².